The molecule has 0 atom stereocenters. The minimum absolute atomic E-state index is 0.00520. The van der Waals surface area contributed by atoms with Crippen LogP contribution in [0.3, 0.4) is 0 Å². The zero-order chi connectivity index (χ0) is 12.7. The molecule has 0 aromatic heterocycles. The van der Waals surface area contributed by atoms with Crippen molar-refractivity contribution in [3.8, 4) is 0 Å². The molecule has 0 unspecified atom stereocenters. The van der Waals surface area contributed by atoms with E-state index in [1.165, 1.54) is 24.3 Å². The van der Waals surface area contributed by atoms with Gasteiger partial charge in [-0.25, -0.2) is 17.5 Å². The van der Waals surface area contributed by atoms with E-state index in [0.717, 1.165) is 0 Å². The number of aliphatic hydroxyl groups is 1. The van der Waals surface area contributed by atoms with Crippen LogP contribution in [0.4, 0.5) is 4.39 Å². The molecule has 0 fully saturated rings. The molecule has 0 heterocycles. The van der Waals surface area contributed by atoms with Crippen LogP contribution >= 0.6 is 0 Å². The molecular weight excluding hydrogens is 245 g/mol. The third-order valence-electron chi connectivity index (χ3n) is 2.23. The van der Waals surface area contributed by atoms with E-state index in [9.17, 15) is 12.8 Å². The van der Waals surface area contributed by atoms with Gasteiger partial charge in [-0.3, -0.25) is 0 Å². The number of benzene rings is 1. The van der Waals surface area contributed by atoms with Gasteiger partial charge >= 0.3 is 0 Å². The zero-order valence-corrected chi connectivity index (χ0v) is 10.2. The summed E-state index contributed by atoms with van der Waals surface area (Å²) in [5, 5.41) is 8.55. The molecule has 0 spiro atoms. The normalized spacial score (nSPS) is 11.6. The minimum Gasteiger partial charge on any atom is -0.396 e. The lowest BCUT2D eigenvalue weighted by Crippen LogP contribution is -2.26. The first-order valence-electron chi connectivity index (χ1n) is 5.36. The van der Waals surface area contributed by atoms with Crippen LogP contribution in [0.1, 0.15) is 18.4 Å². The van der Waals surface area contributed by atoms with Gasteiger partial charge in [-0.1, -0.05) is 12.1 Å². The highest BCUT2D eigenvalue weighted by molar-refractivity contribution is 7.89. The highest BCUT2D eigenvalue weighted by Crippen LogP contribution is 2.03. The number of sulfonamides is 1. The molecule has 1 rings (SSSR count). The number of aliphatic hydroxyl groups excluding tert-OH is 1. The van der Waals surface area contributed by atoms with Crippen molar-refractivity contribution in [3.05, 3.63) is 35.6 Å². The van der Waals surface area contributed by atoms with E-state index in [1.54, 1.807) is 0 Å². The van der Waals surface area contributed by atoms with Crippen LogP contribution in [0.2, 0.25) is 0 Å². The minimum atomic E-state index is -3.32. The molecule has 0 aliphatic heterocycles. The number of unbranched alkanes of at least 4 members (excludes halogenated alkanes) is 1. The standard InChI is InChI=1S/C11H16FNO3S/c12-11-5-3-10(4-6-11)9-13-17(15,16)8-2-1-7-14/h3-6,13-14H,1-2,7-9H2. The molecule has 0 bridgehead atoms. The highest BCUT2D eigenvalue weighted by Gasteiger charge is 2.09. The van der Waals surface area contributed by atoms with Crippen LogP contribution in [0.25, 0.3) is 0 Å². The Balaban J connectivity index is 2.41. The Morgan fingerprint density at radius 1 is 1.18 bits per heavy atom. The molecule has 96 valence electrons. The number of hydrogen-bond donors (Lipinski definition) is 2. The molecule has 17 heavy (non-hydrogen) atoms. The fraction of sp³-hybridized carbons (Fsp3) is 0.455. The van der Waals surface area contributed by atoms with Gasteiger partial charge in [0, 0.05) is 13.2 Å². The first-order valence-corrected chi connectivity index (χ1v) is 7.01. The van der Waals surface area contributed by atoms with Gasteiger partial charge in [0.25, 0.3) is 0 Å². The highest BCUT2D eigenvalue weighted by atomic mass is 32.2. The lowest BCUT2D eigenvalue weighted by molar-refractivity contribution is 0.287. The molecule has 0 saturated carbocycles. The van der Waals surface area contributed by atoms with E-state index in [0.29, 0.717) is 18.4 Å². The Hall–Kier alpha value is -0.980. The quantitative estimate of drug-likeness (QED) is 0.720. The maximum Gasteiger partial charge on any atom is 0.211 e. The summed E-state index contributed by atoms with van der Waals surface area (Å²) in [5.41, 5.74) is 0.706. The monoisotopic (exact) mass is 261 g/mol. The van der Waals surface area contributed by atoms with Crippen molar-refractivity contribution in [2.75, 3.05) is 12.4 Å². The number of hydrogen-bond acceptors (Lipinski definition) is 3. The lowest BCUT2D eigenvalue weighted by Gasteiger charge is -2.06. The smallest absolute Gasteiger partial charge is 0.211 e. The Kier molecular flexibility index (Phi) is 5.54. The van der Waals surface area contributed by atoms with Gasteiger partial charge in [0.05, 0.1) is 5.75 Å². The largest absolute Gasteiger partial charge is 0.396 e. The molecule has 0 aliphatic rings. The predicted octanol–water partition coefficient (Wildman–Crippen LogP) is 1.02. The van der Waals surface area contributed by atoms with Gasteiger partial charge in [0.1, 0.15) is 5.82 Å². The summed E-state index contributed by atoms with van der Waals surface area (Å²) in [6.07, 6.45) is 0.896. The van der Waals surface area contributed by atoms with Crippen LogP contribution in [-0.2, 0) is 16.6 Å². The molecular formula is C11H16FNO3S. The number of halogens is 1. The topological polar surface area (TPSA) is 66.4 Å². The number of nitrogens with one attached hydrogen (secondary N) is 1. The van der Waals surface area contributed by atoms with Crippen molar-refractivity contribution in [1.82, 2.24) is 4.72 Å². The van der Waals surface area contributed by atoms with Crippen molar-refractivity contribution < 1.29 is 17.9 Å². The van der Waals surface area contributed by atoms with E-state index in [-0.39, 0.29) is 24.7 Å². The SMILES string of the molecule is O=S(=O)(CCCCO)NCc1ccc(F)cc1. The van der Waals surface area contributed by atoms with Crippen molar-refractivity contribution in [2.45, 2.75) is 19.4 Å². The van der Waals surface area contributed by atoms with Crippen LogP contribution < -0.4 is 4.72 Å². The van der Waals surface area contributed by atoms with Gasteiger partial charge in [-0.05, 0) is 30.5 Å². The van der Waals surface area contributed by atoms with Crippen molar-refractivity contribution in [1.29, 1.82) is 0 Å². The second kappa shape index (κ2) is 6.68. The second-order valence-corrected chi connectivity index (χ2v) is 5.62. The molecule has 0 amide bonds. The molecule has 0 radical (unpaired) electrons. The lowest BCUT2D eigenvalue weighted by atomic mass is 10.2. The third-order valence-corrected chi connectivity index (χ3v) is 3.64. The maximum absolute atomic E-state index is 12.6. The average Bonchev–Trinajstić information content (AvgIpc) is 2.29. The third kappa shape index (κ3) is 5.76. The van der Waals surface area contributed by atoms with E-state index in [4.69, 9.17) is 5.11 Å². The number of rotatable bonds is 7. The van der Waals surface area contributed by atoms with Gasteiger partial charge in [0.15, 0.2) is 0 Å². The fourth-order valence-electron chi connectivity index (χ4n) is 1.27. The Morgan fingerprint density at radius 3 is 2.41 bits per heavy atom. The summed E-state index contributed by atoms with van der Waals surface area (Å²) in [5.74, 6) is -0.353. The predicted molar refractivity (Wildman–Crippen MR) is 63.3 cm³/mol. The Bertz CT molecular complexity index is 431. The summed E-state index contributed by atoms with van der Waals surface area (Å²) >= 11 is 0. The van der Waals surface area contributed by atoms with Crippen LogP contribution in [0.5, 0.6) is 0 Å². The molecule has 4 nitrogen and oxygen atoms in total. The summed E-state index contributed by atoms with van der Waals surface area (Å²) < 4.78 is 38.0. The molecule has 1 aromatic rings. The Labute approximate surface area is 101 Å². The molecule has 1 aromatic carbocycles. The van der Waals surface area contributed by atoms with Gasteiger partial charge in [0.2, 0.25) is 10.0 Å². The van der Waals surface area contributed by atoms with Gasteiger partial charge in [-0.2, -0.15) is 0 Å². The van der Waals surface area contributed by atoms with Crippen molar-refractivity contribution in [2.24, 2.45) is 0 Å². The van der Waals surface area contributed by atoms with Crippen LogP contribution in [0.15, 0.2) is 24.3 Å². The van der Waals surface area contributed by atoms with Gasteiger partial charge < -0.3 is 5.11 Å². The first kappa shape index (κ1) is 14.1. The summed E-state index contributed by atoms with van der Waals surface area (Å²) in [4.78, 5) is 0. The van der Waals surface area contributed by atoms with Crippen LogP contribution in [-0.4, -0.2) is 25.9 Å². The van der Waals surface area contributed by atoms with Crippen molar-refractivity contribution in [3.63, 3.8) is 0 Å². The molecule has 6 heteroatoms. The van der Waals surface area contributed by atoms with Gasteiger partial charge in [-0.15, -0.1) is 0 Å². The molecule has 0 saturated heterocycles. The van der Waals surface area contributed by atoms with Crippen LogP contribution in [0, 0.1) is 5.82 Å². The molecule has 2 N–H and O–H groups in total. The maximum atomic E-state index is 12.6. The van der Waals surface area contributed by atoms with E-state index >= 15 is 0 Å². The summed E-state index contributed by atoms with van der Waals surface area (Å²) in [7, 11) is -3.32. The summed E-state index contributed by atoms with van der Waals surface area (Å²) in [6.45, 7) is 0.148. The van der Waals surface area contributed by atoms with E-state index < -0.39 is 10.0 Å². The fourth-order valence-corrected chi connectivity index (χ4v) is 2.39. The van der Waals surface area contributed by atoms with E-state index in [1.807, 2.05) is 0 Å². The Morgan fingerprint density at radius 2 is 1.82 bits per heavy atom. The second-order valence-electron chi connectivity index (χ2n) is 3.70. The van der Waals surface area contributed by atoms with E-state index in [2.05, 4.69) is 4.72 Å². The molecule has 0 aliphatic carbocycles. The summed E-state index contributed by atoms with van der Waals surface area (Å²) in [6, 6.07) is 5.64. The van der Waals surface area contributed by atoms with Crippen molar-refractivity contribution >= 4 is 10.0 Å². The zero-order valence-electron chi connectivity index (χ0n) is 9.39. The first-order chi connectivity index (χ1) is 8.03. The average molecular weight is 261 g/mol.